The first-order valence-corrected chi connectivity index (χ1v) is 7.09. The van der Waals surface area contributed by atoms with Crippen molar-refractivity contribution in [2.24, 2.45) is 0 Å². The topological polar surface area (TPSA) is 63.7 Å². The maximum absolute atomic E-state index is 11.8. The van der Waals surface area contributed by atoms with Gasteiger partial charge in [0.2, 0.25) is 0 Å². The van der Waals surface area contributed by atoms with Gasteiger partial charge in [0.1, 0.15) is 6.61 Å². The molecule has 1 aromatic rings. The number of hydrogen-bond acceptors (Lipinski definition) is 4. The van der Waals surface area contributed by atoms with Crippen molar-refractivity contribution in [1.29, 1.82) is 0 Å². The number of alkyl halides is 1. The van der Waals surface area contributed by atoms with Gasteiger partial charge in [-0.25, -0.2) is 4.79 Å². The quantitative estimate of drug-likeness (QED) is 0.465. The Morgan fingerprint density at radius 1 is 1.20 bits per heavy atom. The van der Waals surface area contributed by atoms with Gasteiger partial charge in [-0.05, 0) is 17.7 Å². The van der Waals surface area contributed by atoms with E-state index in [0.29, 0.717) is 10.9 Å². The molecule has 2 amide bonds. The molecule has 1 heterocycles. The van der Waals surface area contributed by atoms with Crippen molar-refractivity contribution >= 4 is 33.7 Å². The van der Waals surface area contributed by atoms with Crippen LogP contribution in [0.3, 0.4) is 0 Å². The number of rotatable bonds is 5. The van der Waals surface area contributed by atoms with Gasteiger partial charge in [0, 0.05) is 17.5 Å². The van der Waals surface area contributed by atoms with Crippen LogP contribution in [0, 0.1) is 0 Å². The van der Waals surface area contributed by atoms with Gasteiger partial charge in [-0.2, -0.15) is 0 Å². The van der Waals surface area contributed by atoms with Gasteiger partial charge < -0.3 is 4.74 Å². The SMILES string of the molecule is O=C(OCCN1C(=O)C=CC1=O)c1cccc(CBr)c1. The average Bonchev–Trinajstić information content (AvgIpc) is 2.79. The third-order valence-corrected chi connectivity index (χ3v) is 3.41. The third kappa shape index (κ3) is 3.33. The summed E-state index contributed by atoms with van der Waals surface area (Å²) in [6.07, 6.45) is 2.40. The molecule has 0 radical (unpaired) electrons. The number of esters is 1. The van der Waals surface area contributed by atoms with E-state index in [9.17, 15) is 14.4 Å². The number of carbonyl (C=O) groups excluding carboxylic acids is 3. The Morgan fingerprint density at radius 3 is 2.55 bits per heavy atom. The summed E-state index contributed by atoms with van der Waals surface area (Å²) in [5.74, 6) is -1.24. The average molecular weight is 338 g/mol. The van der Waals surface area contributed by atoms with Crippen LogP contribution in [-0.4, -0.2) is 35.8 Å². The Hall–Kier alpha value is -1.95. The smallest absolute Gasteiger partial charge is 0.338 e. The van der Waals surface area contributed by atoms with E-state index >= 15 is 0 Å². The molecule has 0 aliphatic carbocycles. The highest BCUT2D eigenvalue weighted by atomic mass is 79.9. The molecule has 1 aliphatic rings. The highest BCUT2D eigenvalue weighted by molar-refractivity contribution is 9.08. The van der Waals surface area contributed by atoms with Gasteiger partial charge in [0.05, 0.1) is 12.1 Å². The van der Waals surface area contributed by atoms with E-state index in [1.54, 1.807) is 18.2 Å². The second kappa shape index (κ2) is 6.47. The van der Waals surface area contributed by atoms with Crippen LogP contribution in [-0.2, 0) is 19.7 Å². The molecule has 20 heavy (non-hydrogen) atoms. The summed E-state index contributed by atoms with van der Waals surface area (Å²) in [6, 6.07) is 7.04. The molecule has 1 aromatic carbocycles. The Balaban J connectivity index is 1.86. The molecule has 6 heteroatoms. The first kappa shape index (κ1) is 14.5. The van der Waals surface area contributed by atoms with Crippen molar-refractivity contribution in [1.82, 2.24) is 4.90 Å². The molecular weight excluding hydrogens is 326 g/mol. The molecule has 0 saturated heterocycles. The second-order valence-electron chi connectivity index (χ2n) is 4.13. The van der Waals surface area contributed by atoms with Gasteiger partial charge in [-0.1, -0.05) is 28.1 Å². The van der Waals surface area contributed by atoms with Crippen LogP contribution in [0.2, 0.25) is 0 Å². The van der Waals surface area contributed by atoms with Crippen LogP contribution in [0.5, 0.6) is 0 Å². The van der Waals surface area contributed by atoms with Crippen LogP contribution in [0.15, 0.2) is 36.4 Å². The molecule has 2 rings (SSSR count). The number of imide groups is 1. The normalized spacial score (nSPS) is 13.9. The Morgan fingerprint density at radius 2 is 1.90 bits per heavy atom. The van der Waals surface area contributed by atoms with Gasteiger partial charge in [-0.15, -0.1) is 0 Å². The van der Waals surface area contributed by atoms with Crippen molar-refractivity contribution in [2.75, 3.05) is 13.2 Å². The Bertz CT molecular complexity index is 564. The number of halogens is 1. The minimum absolute atomic E-state index is 0.0173. The van der Waals surface area contributed by atoms with Crippen LogP contribution >= 0.6 is 15.9 Å². The van der Waals surface area contributed by atoms with Crippen molar-refractivity contribution in [2.45, 2.75) is 5.33 Å². The van der Waals surface area contributed by atoms with Crippen molar-refractivity contribution in [3.05, 3.63) is 47.5 Å². The molecule has 0 saturated carbocycles. The lowest BCUT2D eigenvalue weighted by molar-refractivity contribution is -0.137. The second-order valence-corrected chi connectivity index (χ2v) is 4.69. The minimum Gasteiger partial charge on any atom is -0.460 e. The maximum Gasteiger partial charge on any atom is 0.338 e. The van der Waals surface area contributed by atoms with E-state index in [4.69, 9.17) is 4.74 Å². The Kier molecular flexibility index (Phi) is 4.68. The molecule has 0 unspecified atom stereocenters. The van der Waals surface area contributed by atoms with Gasteiger partial charge in [0.15, 0.2) is 0 Å². The highest BCUT2D eigenvalue weighted by Gasteiger charge is 2.23. The molecule has 0 N–H and O–H groups in total. The lowest BCUT2D eigenvalue weighted by atomic mass is 10.1. The molecule has 0 bridgehead atoms. The minimum atomic E-state index is -0.472. The van der Waals surface area contributed by atoms with Crippen molar-refractivity contribution in [3.63, 3.8) is 0 Å². The standard InChI is InChI=1S/C14H12BrNO4/c15-9-10-2-1-3-11(8-10)14(19)20-7-6-16-12(17)4-5-13(16)18/h1-5,8H,6-7,9H2. The molecule has 0 spiro atoms. The largest absolute Gasteiger partial charge is 0.460 e. The Labute approximate surface area is 124 Å². The number of hydrogen-bond donors (Lipinski definition) is 0. The van der Waals surface area contributed by atoms with E-state index in [1.165, 1.54) is 12.2 Å². The number of carbonyl (C=O) groups is 3. The lowest BCUT2D eigenvalue weighted by Crippen LogP contribution is -2.33. The summed E-state index contributed by atoms with van der Waals surface area (Å²) in [5, 5.41) is 0.649. The fourth-order valence-corrected chi connectivity index (χ4v) is 2.09. The number of amides is 2. The van der Waals surface area contributed by atoms with E-state index in [-0.39, 0.29) is 25.0 Å². The van der Waals surface area contributed by atoms with Gasteiger partial charge >= 0.3 is 5.97 Å². The lowest BCUT2D eigenvalue weighted by Gasteiger charge is -2.13. The predicted molar refractivity (Wildman–Crippen MR) is 75.2 cm³/mol. The van der Waals surface area contributed by atoms with Crippen LogP contribution < -0.4 is 0 Å². The molecule has 1 aliphatic heterocycles. The monoisotopic (exact) mass is 337 g/mol. The number of ether oxygens (including phenoxy) is 1. The van der Waals surface area contributed by atoms with E-state index in [2.05, 4.69) is 15.9 Å². The first-order valence-electron chi connectivity index (χ1n) is 5.97. The zero-order valence-electron chi connectivity index (χ0n) is 10.5. The van der Waals surface area contributed by atoms with E-state index < -0.39 is 5.97 Å². The summed E-state index contributed by atoms with van der Waals surface area (Å²) < 4.78 is 5.06. The van der Waals surface area contributed by atoms with Crippen LogP contribution in [0.4, 0.5) is 0 Å². The predicted octanol–water partition coefficient (Wildman–Crippen LogP) is 1.66. The molecule has 5 nitrogen and oxygen atoms in total. The molecule has 0 atom stereocenters. The third-order valence-electron chi connectivity index (χ3n) is 2.77. The maximum atomic E-state index is 11.8. The summed E-state index contributed by atoms with van der Waals surface area (Å²) in [6.45, 7) is 0.0467. The van der Waals surface area contributed by atoms with Crippen LogP contribution in [0.25, 0.3) is 0 Å². The molecule has 0 fully saturated rings. The molecular formula is C14H12BrNO4. The fourth-order valence-electron chi connectivity index (χ4n) is 1.75. The van der Waals surface area contributed by atoms with Crippen molar-refractivity contribution in [3.8, 4) is 0 Å². The summed E-state index contributed by atoms with van der Waals surface area (Å²) in [7, 11) is 0. The summed E-state index contributed by atoms with van der Waals surface area (Å²) in [4.78, 5) is 35.4. The van der Waals surface area contributed by atoms with E-state index in [0.717, 1.165) is 10.5 Å². The van der Waals surface area contributed by atoms with Crippen LogP contribution in [0.1, 0.15) is 15.9 Å². The van der Waals surface area contributed by atoms with Gasteiger partial charge in [-0.3, -0.25) is 14.5 Å². The fraction of sp³-hybridized carbons (Fsp3) is 0.214. The number of nitrogens with zero attached hydrogens (tertiary/aromatic N) is 1. The molecule has 0 aromatic heterocycles. The zero-order valence-corrected chi connectivity index (χ0v) is 12.1. The van der Waals surface area contributed by atoms with Crippen molar-refractivity contribution < 1.29 is 19.1 Å². The summed E-state index contributed by atoms with van der Waals surface area (Å²) >= 11 is 3.31. The zero-order chi connectivity index (χ0) is 14.5. The highest BCUT2D eigenvalue weighted by Crippen LogP contribution is 2.10. The number of benzene rings is 1. The van der Waals surface area contributed by atoms with Gasteiger partial charge in [0.25, 0.3) is 11.8 Å². The first-order chi connectivity index (χ1) is 9.61. The van der Waals surface area contributed by atoms with E-state index in [1.807, 2.05) is 6.07 Å². The molecule has 104 valence electrons. The summed E-state index contributed by atoms with van der Waals surface area (Å²) in [5.41, 5.74) is 1.41.